The van der Waals surface area contributed by atoms with Crippen molar-refractivity contribution in [3.8, 4) is 0 Å². The number of hydrogen-bond acceptors (Lipinski definition) is 4. The molecule has 1 aromatic carbocycles. The molecule has 1 aliphatic rings. The molecular weight excluding hydrogens is 298 g/mol. The smallest absolute Gasteiger partial charge is 0.270 e. The molecule has 1 saturated heterocycles. The average Bonchev–Trinajstić information content (AvgIpc) is 2.30. The highest BCUT2D eigenvalue weighted by Gasteiger charge is 2.25. The van der Waals surface area contributed by atoms with Crippen LogP contribution in [0, 0.1) is 10.1 Å². The summed E-state index contributed by atoms with van der Waals surface area (Å²) in [7, 11) is 0. The Morgan fingerprint density at radius 3 is 2.83 bits per heavy atom. The number of anilines is 1. The van der Waals surface area contributed by atoms with Gasteiger partial charge < -0.3 is 10.6 Å². The molecule has 1 heterocycles. The van der Waals surface area contributed by atoms with Gasteiger partial charge in [0.1, 0.15) is 0 Å². The molecule has 0 spiro atoms. The quantitative estimate of drug-likeness (QED) is 0.673. The number of nitro benzene ring substituents is 1. The molecule has 1 aromatic rings. The highest BCUT2D eigenvalue weighted by atomic mass is 79.9. The van der Waals surface area contributed by atoms with Gasteiger partial charge in [-0.25, -0.2) is 0 Å². The SMILES string of the molecule is CC1CC(N)CCN1c1ccc([N+](=O)[O-])cc1Br. The maximum atomic E-state index is 10.7. The third-order valence-corrected chi connectivity index (χ3v) is 4.00. The number of nitro groups is 1. The number of hydrogen-bond donors (Lipinski definition) is 1. The van der Waals surface area contributed by atoms with Crippen LogP contribution in [0.5, 0.6) is 0 Å². The van der Waals surface area contributed by atoms with Gasteiger partial charge in [-0.05, 0) is 41.8 Å². The van der Waals surface area contributed by atoms with Crippen molar-refractivity contribution in [2.45, 2.75) is 31.8 Å². The third kappa shape index (κ3) is 2.64. The highest BCUT2D eigenvalue weighted by Crippen LogP contribution is 2.33. The van der Waals surface area contributed by atoms with E-state index >= 15 is 0 Å². The standard InChI is InChI=1S/C12H16BrN3O2/c1-8-6-9(14)4-5-15(8)12-3-2-10(16(17)18)7-11(12)13/h2-3,7-9H,4-6,14H2,1H3. The van der Waals surface area contributed by atoms with Gasteiger partial charge in [0.05, 0.1) is 10.6 Å². The lowest BCUT2D eigenvalue weighted by atomic mass is 9.98. The zero-order valence-corrected chi connectivity index (χ0v) is 11.8. The molecule has 2 atom stereocenters. The van der Waals surface area contributed by atoms with Crippen LogP contribution in [0.15, 0.2) is 22.7 Å². The summed E-state index contributed by atoms with van der Waals surface area (Å²) in [6.07, 6.45) is 1.90. The van der Waals surface area contributed by atoms with E-state index < -0.39 is 0 Å². The molecule has 18 heavy (non-hydrogen) atoms. The predicted octanol–water partition coefficient (Wildman–Crippen LogP) is 2.67. The first kappa shape index (κ1) is 13.3. The molecule has 2 unspecified atom stereocenters. The summed E-state index contributed by atoms with van der Waals surface area (Å²) in [4.78, 5) is 12.6. The lowest BCUT2D eigenvalue weighted by Crippen LogP contribution is -2.45. The van der Waals surface area contributed by atoms with Crippen LogP contribution in [0.4, 0.5) is 11.4 Å². The first-order valence-corrected chi connectivity index (χ1v) is 6.74. The van der Waals surface area contributed by atoms with Gasteiger partial charge in [-0.3, -0.25) is 10.1 Å². The van der Waals surface area contributed by atoms with E-state index in [1.54, 1.807) is 18.2 Å². The fourth-order valence-electron chi connectivity index (χ4n) is 2.41. The first-order valence-electron chi connectivity index (χ1n) is 5.95. The van der Waals surface area contributed by atoms with Crippen LogP contribution in [0.25, 0.3) is 0 Å². The fraction of sp³-hybridized carbons (Fsp3) is 0.500. The Morgan fingerprint density at radius 1 is 1.56 bits per heavy atom. The van der Waals surface area contributed by atoms with Crippen LogP contribution < -0.4 is 10.6 Å². The molecule has 0 amide bonds. The number of nitrogens with two attached hydrogens (primary N) is 1. The number of benzene rings is 1. The van der Waals surface area contributed by atoms with Crippen LogP contribution in [0.2, 0.25) is 0 Å². The lowest BCUT2D eigenvalue weighted by molar-refractivity contribution is -0.384. The van der Waals surface area contributed by atoms with Gasteiger partial charge >= 0.3 is 0 Å². The van der Waals surface area contributed by atoms with Crippen LogP contribution in [0.1, 0.15) is 19.8 Å². The van der Waals surface area contributed by atoms with Gasteiger partial charge in [0.2, 0.25) is 0 Å². The van der Waals surface area contributed by atoms with Crippen LogP contribution in [-0.2, 0) is 0 Å². The second kappa shape index (κ2) is 5.24. The number of piperidine rings is 1. The average molecular weight is 314 g/mol. The topological polar surface area (TPSA) is 72.4 Å². The molecule has 2 N–H and O–H groups in total. The molecule has 1 fully saturated rings. The molecule has 0 radical (unpaired) electrons. The van der Waals surface area contributed by atoms with Crippen LogP contribution in [0.3, 0.4) is 0 Å². The molecule has 0 bridgehead atoms. The van der Waals surface area contributed by atoms with Gasteiger partial charge in [0, 0.05) is 35.2 Å². The highest BCUT2D eigenvalue weighted by molar-refractivity contribution is 9.10. The summed E-state index contributed by atoms with van der Waals surface area (Å²) >= 11 is 3.42. The molecule has 2 rings (SSSR count). The normalized spacial score (nSPS) is 24.1. The Bertz CT molecular complexity index is 467. The summed E-state index contributed by atoms with van der Waals surface area (Å²) < 4.78 is 0.763. The van der Waals surface area contributed by atoms with Gasteiger partial charge in [-0.2, -0.15) is 0 Å². The van der Waals surface area contributed by atoms with Gasteiger partial charge in [-0.15, -0.1) is 0 Å². The first-order chi connectivity index (χ1) is 8.49. The van der Waals surface area contributed by atoms with Gasteiger partial charge in [0.25, 0.3) is 5.69 Å². The fourth-order valence-corrected chi connectivity index (χ4v) is 3.00. The Labute approximate surface area is 114 Å². The second-order valence-electron chi connectivity index (χ2n) is 4.72. The van der Waals surface area contributed by atoms with E-state index in [9.17, 15) is 10.1 Å². The molecule has 0 aromatic heterocycles. The summed E-state index contributed by atoms with van der Waals surface area (Å²) in [6, 6.07) is 5.51. The van der Waals surface area contributed by atoms with Crippen molar-refractivity contribution in [2.75, 3.05) is 11.4 Å². The Morgan fingerprint density at radius 2 is 2.28 bits per heavy atom. The second-order valence-corrected chi connectivity index (χ2v) is 5.57. The van der Waals surface area contributed by atoms with E-state index in [-0.39, 0.29) is 16.7 Å². The Kier molecular flexibility index (Phi) is 3.87. The number of halogens is 1. The summed E-state index contributed by atoms with van der Waals surface area (Å²) in [5.74, 6) is 0. The lowest BCUT2D eigenvalue weighted by Gasteiger charge is -2.38. The maximum Gasteiger partial charge on any atom is 0.270 e. The molecule has 98 valence electrons. The van der Waals surface area contributed by atoms with E-state index in [2.05, 4.69) is 27.8 Å². The van der Waals surface area contributed by atoms with Crippen molar-refractivity contribution in [3.05, 3.63) is 32.8 Å². The Balaban J connectivity index is 2.26. The Hall–Kier alpha value is -1.14. The molecule has 5 nitrogen and oxygen atoms in total. The van der Waals surface area contributed by atoms with Crippen molar-refractivity contribution in [1.29, 1.82) is 0 Å². The minimum absolute atomic E-state index is 0.104. The third-order valence-electron chi connectivity index (χ3n) is 3.37. The molecule has 0 aliphatic carbocycles. The van der Waals surface area contributed by atoms with E-state index in [1.165, 1.54) is 0 Å². The van der Waals surface area contributed by atoms with Crippen molar-refractivity contribution < 1.29 is 4.92 Å². The van der Waals surface area contributed by atoms with E-state index in [4.69, 9.17) is 5.73 Å². The van der Waals surface area contributed by atoms with Gasteiger partial charge in [0.15, 0.2) is 0 Å². The van der Waals surface area contributed by atoms with Crippen LogP contribution >= 0.6 is 15.9 Å². The predicted molar refractivity (Wildman–Crippen MR) is 74.8 cm³/mol. The minimum Gasteiger partial charge on any atom is -0.368 e. The molecular formula is C12H16BrN3O2. The number of rotatable bonds is 2. The molecule has 1 aliphatic heterocycles. The van der Waals surface area contributed by atoms with Crippen LogP contribution in [-0.4, -0.2) is 23.6 Å². The summed E-state index contributed by atoms with van der Waals surface area (Å²) in [6.45, 7) is 3.02. The van der Waals surface area contributed by atoms with Crippen molar-refractivity contribution >= 4 is 27.3 Å². The van der Waals surface area contributed by atoms with Gasteiger partial charge in [-0.1, -0.05) is 0 Å². The monoisotopic (exact) mass is 313 g/mol. The largest absolute Gasteiger partial charge is 0.368 e. The number of non-ortho nitro benzene ring substituents is 1. The van der Waals surface area contributed by atoms with E-state index in [1.807, 2.05) is 0 Å². The van der Waals surface area contributed by atoms with Crippen molar-refractivity contribution in [2.24, 2.45) is 5.73 Å². The van der Waals surface area contributed by atoms with Crippen molar-refractivity contribution in [3.63, 3.8) is 0 Å². The zero-order chi connectivity index (χ0) is 13.3. The maximum absolute atomic E-state index is 10.7. The zero-order valence-electron chi connectivity index (χ0n) is 10.2. The summed E-state index contributed by atoms with van der Waals surface area (Å²) in [5, 5.41) is 10.7. The minimum atomic E-state index is -0.385. The van der Waals surface area contributed by atoms with E-state index in [0.29, 0.717) is 6.04 Å². The summed E-state index contributed by atoms with van der Waals surface area (Å²) in [5.41, 5.74) is 7.04. The molecule has 6 heteroatoms. The molecule has 0 saturated carbocycles. The van der Waals surface area contributed by atoms with E-state index in [0.717, 1.165) is 29.5 Å². The van der Waals surface area contributed by atoms with Crippen molar-refractivity contribution in [1.82, 2.24) is 0 Å². The number of nitrogens with zero attached hydrogens (tertiary/aromatic N) is 2.